The van der Waals surface area contributed by atoms with Gasteiger partial charge in [0.05, 0.1) is 11.8 Å². The van der Waals surface area contributed by atoms with Crippen molar-refractivity contribution in [3.63, 3.8) is 0 Å². The zero-order chi connectivity index (χ0) is 22.7. The molecule has 2 aliphatic heterocycles. The highest BCUT2D eigenvalue weighted by Crippen LogP contribution is 2.30. The Bertz CT molecular complexity index is 938. The number of hydrogen-bond acceptors (Lipinski definition) is 10. The number of rotatable bonds is 7. The summed E-state index contributed by atoms with van der Waals surface area (Å²) < 4.78 is 0. The number of aromatic carboxylic acids is 1. The number of carboxylic acids is 1. The molecule has 0 atom stereocenters. The summed E-state index contributed by atoms with van der Waals surface area (Å²) in [5.41, 5.74) is 0.456. The predicted molar refractivity (Wildman–Crippen MR) is 123 cm³/mol. The molecular weight excluding hydrogens is 432 g/mol. The SMILES string of the molecule is Cc1nc(Nc2nc(N3CCC(O)CC3)cc(N3CCC(CCO)CC3)n2)sc1C(=O)O. The van der Waals surface area contributed by atoms with E-state index in [9.17, 15) is 20.1 Å². The van der Waals surface area contributed by atoms with Gasteiger partial charge in [-0.05, 0) is 44.9 Å². The summed E-state index contributed by atoms with van der Waals surface area (Å²) >= 11 is 1.07. The van der Waals surface area contributed by atoms with Crippen molar-refractivity contribution < 1.29 is 20.1 Å². The van der Waals surface area contributed by atoms with Gasteiger partial charge in [-0.1, -0.05) is 11.3 Å². The van der Waals surface area contributed by atoms with Gasteiger partial charge in [-0.2, -0.15) is 9.97 Å². The maximum Gasteiger partial charge on any atom is 0.347 e. The number of thiazole rings is 1. The van der Waals surface area contributed by atoms with Gasteiger partial charge in [0.25, 0.3) is 0 Å². The minimum absolute atomic E-state index is 0.194. The fraction of sp³-hybridized carbons (Fsp3) is 0.619. The molecule has 0 aliphatic carbocycles. The zero-order valence-corrected chi connectivity index (χ0v) is 19.0. The quantitative estimate of drug-likeness (QED) is 0.485. The molecule has 2 saturated heterocycles. The van der Waals surface area contributed by atoms with Gasteiger partial charge in [-0.3, -0.25) is 5.32 Å². The third-order valence-corrected chi connectivity index (χ3v) is 7.23. The summed E-state index contributed by atoms with van der Waals surface area (Å²) in [4.78, 5) is 29.7. The van der Waals surface area contributed by atoms with Gasteiger partial charge in [0, 0.05) is 38.9 Å². The van der Waals surface area contributed by atoms with Crippen LogP contribution in [0.15, 0.2) is 6.07 Å². The molecule has 4 heterocycles. The topological polar surface area (TPSA) is 135 Å². The van der Waals surface area contributed by atoms with Gasteiger partial charge in [0.2, 0.25) is 5.95 Å². The van der Waals surface area contributed by atoms with Crippen molar-refractivity contribution in [1.29, 1.82) is 0 Å². The first-order valence-corrected chi connectivity index (χ1v) is 11.9. The minimum Gasteiger partial charge on any atom is -0.477 e. The maximum absolute atomic E-state index is 11.4. The average Bonchev–Trinajstić information content (AvgIpc) is 3.15. The normalized spacial score (nSPS) is 18.2. The first-order chi connectivity index (χ1) is 15.4. The Hall–Kier alpha value is -2.50. The van der Waals surface area contributed by atoms with Crippen molar-refractivity contribution in [1.82, 2.24) is 15.0 Å². The largest absolute Gasteiger partial charge is 0.477 e. The van der Waals surface area contributed by atoms with Crippen molar-refractivity contribution in [3.05, 3.63) is 16.6 Å². The summed E-state index contributed by atoms with van der Waals surface area (Å²) in [7, 11) is 0. The van der Waals surface area contributed by atoms with Gasteiger partial charge < -0.3 is 25.1 Å². The summed E-state index contributed by atoms with van der Waals surface area (Å²) in [6, 6.07) is 1.99. The Morgan fingerprint density at radius 1 is 1.09 bits per heavy atom. The summed E-state index contributed by atoms with van der Waals surface area (Å²) in [6.07, 6.45) is 3.97. The second-order valence-electron chi connectivity index (χ2n) is 8.43. The molecule has 0 radical (unpaired) electrons. The number of nitrogens with zero attached hydrogens (tertiary/aromatic N) is 5. The Morgan fingerprint density at radius 3 is 2.22 bits per heavy atom. The molecule has 2 aliphatic rings. The molecule has 11 heteroatoms. The Kier molecular flexibility index (Phi) is 7.07. The smallest absolute Gasteiger partial charge is 0.347 e. The lowest BCUT2D eigenvalue weighted by molar-refractivity contribution is 0.0701. The van der Waals surface area contributed by atoms with Crippen LogP contribution in [0.5, 0.6) is 0 Å². The second kappa shape index (κ2) is 9.97. The van der Waals surface area contributed by atoms with Crippen molar-refractivity contribution in [2.24, 2.45) is 5.92 Å². The number of aliphatic hydroxyl groups excluding tert-OH is 2. The highest BCUT2D eigenvalue weighted by Gasteiger charge is 2.24. The van der Waals surface area contributed by atoms with E-state index in [0.29, 0.717) is 35.5 Å². The molecule has 4 N–H and O–H groups in total. The Labute approximate surface area is 190 Å². The second-order valence-corrected chi connectivity index (χ2v) is 9.43. The Balaban J connectivity index is 1.59. The van der Waals surface area contributed by atoms with Crippen LogP contribution >= 0.6 is 11.3 Å². The standard InChI is InChI=1S/C21H30N6O4S/c1-13-18(19(30)31)32-21(22-13)25-20-23-16(26-7-2-14(3-8-26)6-11-28)12-17(24-20)27-9-4-15(29)5-10-27/h12,14-15,28-29H,2-11H2,1H3,(H,30,31)(H,22,23,24,25). The van der Waals surface area contributed by atoms with Gasteiger partial charge in [-0.25, -0.2) is 9.78 Å². The number of nitrogens with one attached hydrogen (secondary N) is 1. The van der Waals surface area contributed by atoms with E-state index in [1.165, 1.54) is 0 Å². The van der Waals surface area contributed by atoms with Crippen LogP contribution in [-0.4, -0.2) is 75.1 Å². The maximum atomic E-state index is 11.4. The van der Waals surface area contributed by atoms with Crippen LogP contribution in [-0.2, 0) is 0 Å². The van der Waals surface area contributed by atoms with Gasteiger partial charge >= 0.3 is 5.97 Å². The first kappa shape index (κ1) is 22.7. The van der Waals surface area contributed by atoms with Crippen LogP contribution in [0.2, 0.25) is 0 Å². The predicted octanol–water partition coefficient (Wildman–Crippen LogP) is 2.24. The van der Waals surface area contributed by atoms with Crippen LogP contribution < -0.4 is 15.1 Å². The molecule has 2 aromatic rings. The van der Waals surface area contributed by atoms with Crippen LogP contribution in [0, 0.1) is 12.8 Å². The van der Waals surface area contributed by atoms with Gasteiger partial charge in [0.15, 0.2) is 5.13 Å². The Morgan fingerprint density at radius 2 is 1.69 bits per heavy atom. The fourth-order valence-electron chi connectivity index (χ4n) is 4.27. The van der Waals surface area contributed by atoms with E-state index in [-0.39, 0.29) is 17.6 Å². The number of aromatic nitrogens is 3. The van der Waals surface area contributed by atoms with E-state index in [0.717, 1.165) is 68.4 Å². The van der Waals surface area contributed by atoms with Crippen LogP contribution in [0.25, 0.3) is 0 Å². The number of carboxylic acid groups (broad SMARTS) is 1. The number of piperidine rings is 2. The molecule has 0 amide bonds. The fourth-order valence-corrected chi connectivity index (χ4v) is 5.07. The lowest BCUT2D eigenvalue weighted by atomic mass is 9.94. The highest BCUT2D eigenvalue weighted by atomic mass is 32.1. The van der Waals surface area contributed by atoms with E-state index in [2.05, 4.69) is 25.1 Å². The van der Waals surface area contributed by atoms with E-state index in [4.69, 9.17) is 4.98 Å². The van der Waals surface area contributed by atoms with E-state index in [1.807, 2.05) is 6.07 Å². The number of anilines is 4. The summed E-state index contributed by atoms with van der Waals surface area (Å²) in [5, 5.41) is 32.0. The van der Waals surface area contributed by atoms with Crippen LogP contribution in [0.3, 0.4) is 0 Å². The molecule has 174 valence electrons. The van der Waals surface area contributed by atoms with Crippen molar-refractivity contribution in [2.75, 3.05) is 47.9 Å². The molecule has 0 spiro atoms. The first-order valence-electron chi connectivity index (χ1n) is 11.1. The van der Waals surface area contributed by atoms with E-state index >= 15 is 0 Å². The average molecular weight is 463 g/mol. The highest BCUT2D eigenvalue weighted by molar-refractivity contribution is 7.17. The molecule has 0 unspecified atom stereocenters. The van der Waals surface area contributed by atoms with Crippen molar-refractivity contribution in [2.45, 2.75) is 45.1 Å². The number of aliphatic hydroxyl groups is 2. The molecule has 2 fully saturated rings. The lowest BCUT2D eigenvalue weighted by Gasteiger charge is -2.34. The van der Waals surface area contributed by atoms with Crippen LogP contribution in [0.4, 0.5) is 22.7 Å². The summed E-state index contributed by atoms with van der Waals surface area (Å²) in [6.45, 7) is 5.05. The lowest BCUT2D eigenvalue weighted by Crippen LogP contribution is -2.37. The van der Waals surface area contributed by atoms with Crippen molar-refractivity contribution in [3.8, 4) is 0 Å². The number of carbonyl (C=O) groups is 1. The monoisotopic (exact) mass is 462 g/mol. The molecule has 32 heavy (non-hydrogen) atoms. The third-order valence-electron chi connectivity index (χ3n) is 6.17. The van der Waals surface area contributed by atoms with Gasteiger partial charge in [-0.15, -0.1) is 0 Å². The van der Waals surface area contributed by atoms with E-state index in [1.54, 1.807) is 6.92 Å². The minimum atomic E-state index is -0.999. The molecule has 0 saturated carbocycles. The third kappa shape index (κ3) is 5.28. The van der Waals surface area contributed by atoms with Gasteiger partial charge in [0.1, 0.15) is 16.5 Å². The molecule has 0 aromatic carbocycles. The number of hydrogen-bond donors (Lipinski definition) is 4. The number of aryl methyl sites for hydroxylation is 1. The molecule has 10 nitrogen and oxygen atoms in total. The molecule has 2 aromatic heterocycles. The molecule has 0 bridgehead atoms. The zero-order valence-electron chi connectivity index (χ0n) is 18.2. The molecular formula is C21H30N6O4S. The molecule has 4 rings (SSSR count). The van der Waals surface area contributed by atoms with Crippen LogP contribution in [0.1, 0.15) is 47.5 Å². The summed E-state index contributed by atoms with van der Waals surface area (Å²) in [5.74, 6) is 1.52. The van der Waals surface area contributed by atoms with E-state index < -0.39 is 5.97 Å². The van der Waals surface area contributed by atoms with Crippen molar-refractivity contribution >= 4 is 40.0 Å².